The van der Waals surface area contributed by atoms with Crippen LogP contribution in [0.15, 0.2) is 46.9 Å². The second kappa shape index (κ2) is 5.09. The summed E-state index contributed by atoms with van der Waals surface area (Å²) in [6.07, 6.45) is 0. The number of benzene rings is 2. The maximum atomic E-state index is 12.3. The minimum Gasteiger partial charge on any atom is -0.305 e. The van der Waals surface area contributed by atoms with E-state index in [4.69, 9.17) is 0 Å². The van der Waals surface area contributed by atoms with Crippen molar-refractivity contribution in [3.05, 3.63) is 58.1 Å². The Hall–Kier alpha value is -2.14. The van der Waals surface area contributed by atoms with Gasteiger partial charge in [-0.25, -0.2) is 0 Å². The molecule has 0 fully saturated rings. The fourth-order valence-corrected chi connectivity index (χ4v) is 2.47. The molecule has 0 aliphatic heterocycles. The Morgan fingerprint density at radius 2 is 2.05 bits per heavy atom. The number of aryl methyl sites for hydroxylation is 1. The average Bonchev–Trinajstić information content (AvgIpc) is 2.85. The first-order chi connectivity index (χ1) is 9.65. The Balaban J connectivity index is 1.94. The second-order valence-corrected chi connectivity index (χ2v) is 5.41. The van der Waals surface area contributed by atoms with Crippen LogP contribution < -0.4 is 5.32 Å². The third-order valence-electron chi connectivity index (χ3n) is 3.07. The molecule has 3 rings (SSSR count). The van der Waals surface area contributed by atoms with Crippen LogP contribution in [0.4, 0.5) is 5.82 Å². The number of carbonyl (C=O) groups is 1. The van der Waals surface area contributed by atoms with Gasteiger partial charge in [-0.05, 0) is 47.1 Å². The summed E-state index contributed by atoms with van der Waals surface area (Å²) in [5.41, 5.74) is 2.52. The summed E-state index contributed by atoms with van der Waals surface area (Å²) >= 11 is 3.40. The van der Waals surface area contributed by atoms with Crippen LogP contribution in [-0.2, 0) is 0 Å². The maximum Gasteiger partial charge on any atom is 0.258 e. The number of H-pyrrole nitrogens is 1. The summed E-state index contributed by atoms with van der Waals surface area (Å²) in [6.45, 7) is 1.95. The molecule has 20 heavy (non-hydrogen) atoms. The zero-order valence-corrected chi connectivity index (χ0v) is 12.4. The maximum absolute atomic E-state index is 12.3. The topological polar surface area (TPSA) is 57.8 Å². The minimum atomic E-state index is -0.183. The number of nitrogens with one attached hydrogen (secondary N) is 2. The molecule has 1 aromatic heterocycles. The van der Waals surface area contributed by atoms with Crippen LogP contribution in [-0.4, -0.2) is 16.1 Å². The van der Waals surface area contributed by atoms with Crippen molar-refractivity contribution in [1.82, 2.24) is 10.2 Å². The Morgan fingerprint density at radius 1 is 1.25 bits per heavy atom. The van der Waals surface area contributed by atoms with Crippen LogP contribution in [0.5, 0.6) is 0 Å². The molecule has 3 aromatic rings. The molecule has 4 nitrogen and oxygen atoms in total. The molecule has 0 radical (unpaired) electrons. The number of aromatic amines is 1. The van der Waals surface area contributed by atoms with Crippen LogP contribution >= 0.6 is 15.9 Å². The summed E-state index contributed by atoms with van der Waals surface area (Å²) in [5.74, 6) is 0.358. The van der Waals surface area contributed by atoms with Crippen LogP contribution in [0.2, 0.25) is 0 Å². The van der Waals surface area contributed by atoms with E-state index in [0.717, 1.165) is 20.9 Å². The van der Waals surface area contributed by atoms with Gasteiger partial charge in [-0.1, -0.05) is 23.8 Å². The number of hydrogen-bond acceptors (Lipinski definition) is 2. The highest BCUT2D eigenvalue weighted by Gasteiger charge is 2.13. The predicted molar refractivity (Wildman–Crippen MR) is 82.9 cm³/mol. The van der Waals surface area contributed by atoms with E-state index in [2.05, 4.69) is 31.4 Å². The van der Waals surface area contributed by atoms with Crippen molar-refractivity contribution in [3.8, 4) is 0 Å². The predicted octanol–water partition coefficient (Wildman–Crippen LogP) is 3.89. The van der Waals surface area contributed by atoms with E-state index in [0.29, 0.717) is 11.4 Å². The summed E-state index contributed by atoms with van der Waals surface area (Å²) < 4.78 is 0.764. The van der Waals surface area contributed by atoms with E-state index in [9.17, 15) is 4.79 Å². The fourth-order valence-electron chi connectivity index (χ4n) is 2.05. The van der Waals surface area contributed by atoms with E-state index < -0.39 is 0 Å². The van der Waals surface area contributed by atoms with E-state index in [1.807, 2.05) is 49.4 Å². The zero-order valence-electron chi connectivity index (χ0n) is 10.8. The molecular weight excluding hydrogens is 318 g/mol. The van der Waals surface area contributed by atoms with Crippen molar-refractivity contribution in [1.29, 1.82) is 0 Å². The van der Waals surface area contributed by atoms with Crippen molar-refractivity contribution < 1.29 is 4.79 Å². The van der Waals surface area contributed by atoms with Gasteiger partial charge in [-0.3, -0.25) is 9.89 Å². The number of fused-ring (bicyclic) bond motifs is 1. The Labute approximate surface area is 124 Å². The molecule has 0 unspecified atom stereocenters. The summed E-state index contributed by atoms with van der Waals surface area (Å²) in [4.78, 5) is 12.3. The monoisotopic (exact) mass is 329 g/mol. The van der Waals surface area contributed by atoms with Gasteiger partial charge in [0.15, 0.2) is 5.82 Å². The van der Waals surface area contributed by atoms with Crippen molar-refractivity contribution >= 4 is 38.6 Å². The molecule has 0 saturated carbocycles. The molecule has 5 heteroatoms. The van der Waals surface area contributed by atoms with Crippen LogP contribution in [0, 0.1) is 6.92 Å². The molecule has 1 amide bonds. The van der Waals surface area contributed by atoms with Gasteiger partial charge < -0.3 is 5.32 Å². The average molecular weight is 330 g/mol. The molecule has 0 aliphatic rings. The van der Waals surface area contributed by atoms with Crippen LogP contribution in [0.1, 0.15) is 15.9 Å². The highest BCUT2D eigenvalue weighted by Crippen LogP contribution is 2.23. The molecule has 0 bridgehead atoms. The van der Waals surface area contributed by atoms with E-state index in [1.165, 1.54) is 0 Å². The number of halogens is 1. The van der Waals surface area contributed by atoms with Crippen LogP contribution in [0.3, 0.4) is 0 Å². The van der Waals surface area contributed by atoms with Gasteiger partial charge in [-0.2, -0.15) is 5.10 Å². The number of amides is 1. The van der Waals surface area contributed by atoms with Crippen molar-refractivity contribution in [2.24, 2.45) is 0 Å². The Morgan fingerprint density at radius 3 is 2.90 bits per heavy atom. The summed E-state index contributed by atoms with van der Waals surface area (Å²) in [5, 5.41) is 10.8. The van der Waals surface area contributed by atoms with Gasteiger partial charge >= 0.3 is 0 Å². The minimum absolute atomic E-state index is 0.183. The number of nitrogens with zero attached hydrogens (tertiary/aromatic N) is 1. The van der Waals surface area contributed by atoms with Crippen LogP contribution in [0.25, 0.3) is 10.9 Å². The van der Waals surface area contributed by atoms with E-state index >= 15 is 0 Å². The molecule has 1 heterocycles. The lowest BCUT2D eigenvalue weighted by atomic mass is 10.1. The number of para-hydroxylation sites is 1. The molecule has 0 spiro atoms. The van der Waals surface area contributed by atoms with Gasteiger partial charge in [0.1, 0.15) is 0 Å². The number of anilines is 1. The molecule has 2 aromatic carbocycles. The lowest BCUT2D eigenvalue weighted by Gasteiger charge is -2.06. The van der Waals surface area contributed by atoms with Gasteiger partial charge in [0.05, 0.1) is 11.1 Å². The van der Waals surface area contributed by atoms with Gasteiger partial charge in [-0.15, -0.1) is 0 Å². The van der Waals surface area contributed by atoms with Crippen molar-refractivity contribution in [2.45, 2.75) is 6.92 Å². The molecular formula is C15H12BrN3O. The lowest BCUT2D eigenvalue weighted by Crippen LogP contribution is -2.13. The van der Waals surface area contributed by atoms with Gasteiger partial charge in [0.25, 0.3) is 5.91 Å². The zero-order chi connectivity index (χ0) is 14.1. The fraction of sp³-hybridized carbons (Fsp3) is 0.0667. The first kappa shape index (κ1) is 12.9. The van der Waals surface area contributed by atoms with Gasteiger partial charge in [0, 0.05) is 9.86 Å². The highest BCUT2D eigenvalue weighted by molar-refractivity contribution is 9.10. The first-order valence-electron chi connectivity index (χ1n) is 6.16. The third kappa shape index (κ3) is 2.32. The number of hydrogen-bond donors (Lipinski definition) is 2. The van der Waals surface area contributed by atoms with Gasteiger partial charge in [0.2, 0.25) is 0 Å². The van der Waals surface area contributed by atoms with Crippen molar-refractivity contribution in [3.63, 3.8) is 0 Å². The number of carbonyl (C=O) groups excluding carboxylic acids is 1. The Kier molecular flexibility index (Phi) is 3.28. The third-order valence-corrected chi connectivity index (χ3v) is 3.76. The number of rotatable bonds is 2. The summed E-state index contributed by atoms with van der Waals surface area (Å²) in [6, 6.07) is 13.3. The largest absolute Gasteiger partial charge is 0.305 e. The second-order valence-electron chi connectivity index (χ2n) is 4.56. The molecule has 2 N–H and O–H groups in total. The quantitative estimate of drug-likeness (QED) is 0.749. The normalized spacial score (nSPS) is 10.7. The molecule has 100 valence electrons. The molecule has 0 atom stereocenters. The lowest BCUT2D eigenvalue weighted by molar-refractivity contribution is 0.102. The SMILES string of the molecule is Cc1ccc(Br)c(C(=O)Nc2n[nH]c3ccccc23)c1. The first-order valence-corrected chi connectivity index (χ1v) is 6.95. The van der Waals surface area contributed by atoms with E-state index in [-0.39, 0.29) is 5.91 Å². The summed E-state index contributed by atoms with van der Waals surface area (Å²) in [7, 11) is 0. The standard InChI is InChI=1S/C15H12BrN3O/c1-9-6-7-12(16)11(8-9)15(20)17-14-10-4-2-3-5-13(10)18-19-14/h2-8H,1H3,(H2,17,18,19,20). The molecule has 0 aliphatic carbocycles. The highest BCUT2D eigenvalue weighted by atomic mass is 79.9. The van der Waals surface area contributed by atoms with Crippen molar-refractivity contribution in [2.75, 3.05) is 5.32 Å². The Bertz CT molecular complexity index is 795. The van der Waals surface area contributed by atoms with E-state index in [1.54, 1.807) is 0 Å². The molecule has 0 saturated heterocycles. The number of aromatic nitrogens is 2. The smallest absolute Gasteiger partial charge is 0.258 e.